The van der Waals surface area contributed by atoms with Crippen LogP contribution in [0.25, 0.3) is 0 Å². The SMILES string of the molecule is CCCC(=O)O[C@@H](CC)[C@@H]1C(=O)N2[C@@H](C(=O)O)C(C)(C)S(=O)(=O)[C@H]12. The van der Waals surface area contributed by atoms with Gasteiger partial charge in [0.05, 0.1) is 4.75 Å². The minimum absolute atomic E-state index is 0.182. The van der Waals surface area contributed by atoms with Crippen LogP contribution >= 0.6 is 0 Å². The number of aliphatic carboxylic acids is 1. The molecule has 0 radical (unpaired) electrons. The summed E-state index contributed by atoms with van der Waals surface area (Å²) < 4.78 is 29.2. The third kappa shape index (κ3) is 2.40. The Hall–Kier alpha value is -1.64. The van der Waals surface area contributed by atoms with Gasteiger partial charge in [0.2, 0.25) is 5.91 Å². The Morgan fingerprint density at radius 2 is 1.92 bits per heavy atom. The van der Waals surface area contributed by atoms with E-state index in [9.17, 15) is 27.9 Å². The molecule has 0 aromatic heterocycles. The molecule has 0 unspecified atom stereocenters. The predicted octanol–water partition coefficient (Wildman–Crippen LogP) is 0.553. The summed E-state index contributed by atoms with van der Waals surface area (Å²) >= 11 is 0. The zero-order valence-corrected chi connectivity index (χ0v) is 15.0. The topological polar surface area (TPSA) is 118 Å². The monoisotopic (exact) mass is 361 g/mol. The molecule has 4 atom stereocenters. The van der Waals surface area contributed by atoms with E-state index in [4.69, 9.17) is 4.74 Å². The number of hydrogen-bond acceptors (Lipinski definition) is 6. The fourth-order valence-corrected chi connectivity index (χ4v) is 5.88. The van der Waals surface area contributed by atoms with Crippen molar-refractivity contribution in [3.05, 3.63) is 0 Å². The first-order valence-corrected chi connectivity index (χ1v) is 9.54. The van der Waals surface area contributed by atoms with Crippen molar-refractivity contribution in [2.24, 2.45) is 5.92 Å². The fourth-order valence-electron chi connectivity index (χ4n) is 3.53. The molecule has 136 valence electrons. The fraction of sp³-hybridized carbons (Fsp3) is 0.800. The standard InChI is InChI=1S/C15H23NO7S/c1-5-7-9(17)23-8(6-2)10-12(18)16-11(14(19)20)15(3,4)24(21,22)13(10)16/h8,10-11,13H,5-7H2,1-4H3,(H,19,20)/t8-,10+,11-,13+/m0/s1. The molecule has 2 aliphatic heterocycles. The Labute approximate surface area is 141 Å². The molecule has 8 nitrogen and oxygen atoms in total. The number of carboxylic acids is 1. The van der Waals surface area contributed by atoms with Crippen LogP contribution < -0.4 is 0 Å². The van der Waals surface area contributed by atoms with Gasteiger partial charge < -0.3 is 14.7 Å². The van der Waals surface area contributed by atoms with Crippen molar-refractivity contribution in [1.82, 2.24) is 4.90 Å². The molecule has 0 aromatic carbocycles. The van der Waals surface area contributed by atoms with Gasteiger partial charge in [-0.25, -0.2) is 13.2 Å². The largest absolute Gasteiger partial charge is 0.480 e. The van der Waals surface area contributed by atoms with Gasteiger partial charge in [-0.2, -0.15) is 0 Å². The summed E-state index contributed by atoms with van der Waals surface area (Å²) in [6.07, 6.45) is 0.178. The predicted molar refractivity (Wildman–Crippen MR) is 83.6 cm³/mol. The highest BCUT2D eigenvalue weighted by atomic mass is 32.2. The van der Waals surface area contributed by atoms with Crippen molar-refractivity contribution in [3.8, 4) is 0 Å². The molecule has 0 saturated carbocycles. The number of carbonyl (C=O) groups is 3. The number of esters is 1. The molecule has 2 heterocycles. The number of sulfone groups is 1. The minimum atomic E-state index is -3.91. The van der Waals surface area contributed by atoms with Gasteiger partial charge in [-0.15, -0.1) is 0 Å². The van der Waals surface area contributed by atoms with Crippen LogP contribution in [0, 0.1) is 5.92 Å². The third-order valence-corrected chi connectivity index (χ3v) is 7.73. The van der Waals surface area contributed by atoms with Crippen molar-refractivity contribution >= 4 is 27.7 Å². The van der Waals surface area contributed by atoms with Crippen LogP contribution in [0.2, 0.25) is 0 Å². The molecule has 2 rings (SSSR count). The summed E-state index contributed by atoms with van der Waals surface area (Å²) in [7, 11) is -3.91. The number of nitrogens with zero attached hydrogens (tertiary/aromatic N) is 1. The highest BCUT2D eigenvalue weighted by Gasteiger charge is 2.73. The highest BCUT2D eigenvalue weighted by molar-refractivity contribution is 7.93. The number of fused-ring (bicyclic) bond motifs is 1. The van der Waals surface area contributed by atoms with Gasteiger partial charge in [0, 0.05) is 6.42 Å². The highest BCUT2D eigenvalue weighted by Crippen LogP contribution is 2.50. The van der Waals surface area contributed by atoms with Gasteiger partial charge in [-0.3, -0.25) is 9.59 Å². The lowest BCUT2D eigenvalue weighted by molar-refractivity contribution is -0.176. The number of rotatable bonds is 6. The van der Waals surface area contributed by atoms with Gasteiger partial charge in [0.25, 0.3) is 0 Å². The Morgan fingerprint density at radius 3 is 2.38 bits per heavy atom. The molecule has 0 bridgehead atoms. The first-order chi connectivity index (χ1) is 11.0. The van der Waals surface area contributed by atoms with E-state index in [2.05, 4.69) is 0 Å². The number of amides is 1. The van der Waals surface area contributed by atoms with E-state index in [1.807, 2.05) is 0 Å². The second-order valence-electron chi connectivity index (χ2n) is 6.74. The Kier molecular flexibility index (Phi) is 4.69. The zero-order chi connectivity index (χ0) is 18.4. The molecule has 1 N–H and O–H groups in total. The first-order valence-electron chi connectivity index (χ1n) is 8.00. The van der Waals surface area contributed by atoms with Gasteiger partial charge >= 0.3 is 11.9 Å². The molecular weight excluding hydrogens is 338 g/mol. The Balaban J connectivity index is 2.36. The van der Waals surface area contributed by atoms with Gasteiger partial charge in [0.15, 0.2) is 15.2 Å². The van der Waals surface area contributed by atoms with Crippen LogP contribution in [0.15, 0.2) is 0 Å². The molecule has 2 aliphatic rings. The van der Waals surface area contributed by atoms with Crippen molar-refractivity contribution in [2.45, 2.75) is 69.2 Å². The van der Waals surface area contributed by atoms with E-state index in [0.29, 0.717) is 6.42 Å². The lowest BCUT2D eigenvalue weighted by Gasteiger charge is -2.45. The average molecular weight is 361 g/mol. The third-order valence-electron chi connectivity index (χ3n) is 4.88. The molecule has 2 fully saturated rings. The molecule has 0 aromatic rings. The summed E-state index contributed by atoms with van der Waals surface area (Å²) in [6, 6.07) is -1.43. The van der Waals surface area contributed by atoms with Gasteiger partial charge in [0.1, 0.15) is 18.1 Å². The maximum atomic E-state index is 12.8. The smallest absolute Gasteiger partial charge is 0.328 e. The van der Waals surface area contributed by atoms with Crippen LogP contribution in [0.3, 0.4) is 0 Å². The van der Waals surface area contributed by atoms with Crippen LogP contribution in [-0.4, -0.2) is 58.5 Å². The zero-order valence-electron chi connectivity index (χ0n) is 14.2. The van der Waals surface area contributed by atoms with Crippen molar-refractivity contribution in [1.29, 1.82) is 0 Å². The second kappa shape index (κ2) is 6.02. The molecule has 0 aliphatic carbocycles. The summed E-state index contributed by atoms with van der Waals surface area (Å²) in [5.41, 5.74) is 0. The van der Waals surface area contributed by atoms with Gasteiger partial charge in [-0.05, 0) is 26.7 Å². The summed E-state index contributed by atoms with van der Waals surface area (Å²) in [5, 5.41) is 8.13. The summed E-state index contributed by atoms with van der Waals surface area (Å²) in [5.74, 6) is -3.46. The Bertz CT molecular complexity index is 669. The number of carboxylic acid groups (broad SMARTS) is 1. The van der Waals surface area contributed by atoms with E-state index in [1.54, 1.807) is 13.8 Å². The Morgan fingerprint density at radius 1 is 1.33 bits per heavy atom. The molecule has 1 amide bonds. The van der Waals surface area contributed by atoms with E-state index in [-0.39, 0.29) is 12.8 Å². The normalized spacial score (nSPS) is 31.1. The number of ether oxygens (including phenoxy) is 1. The lowest BCUT2D eigenvalue weighted by Crippen LogP contribution is -2.66. The van der Waals surface area contributed by atoms with Crippen LogP contribution in [0.4, 0.5) is 0 Å². The van der Waals surface area contributed by atoms with Crippen LogP contribution in [0.1, 0.15) is 47.0 Å². The van der Waals surface area contributed by atoms with E-state index in [0.717, 1.165) is 4.90 Å². The molecule has 2 saturated heterocycles. The van der Waals surface area contributed by atoms with Crippen molar-refractivity contribution in [3.63, 3.8) is 0 Å². The summed E-state index contributed by atoms with van der Waals surface area (Å²) in [6.45, 7) is 6.13. The van der Waals surface area contributed by atoms with Gasteiger partial charge in [-0.1, -0.05) is 13.8 Å². The summed E-state index contributed by atoms with van der Waals surface area (Å²) in [4.78, 5) is 36.6. The molecular formula is C15H23NO7S. The number of β-lactam (4-membered cyclic amide) rings is 1. The van der Waals surface area contributed by atoms with E-state index >= 15 is 0 Å². The van der Waals surface area contributed by atoms with E-state index in [1.165, 1.54) is 13.8 Å². The average Bonchev–Trinajstić information content (AvgIpc) is 2.60. The van der Waals surface area contributed by atoms with E-state index < -0.39 is 55.9 Å². The van der Waals surface area contributed by atoms with Crippen molar-refractivity contribution < 1.29 is 32.6 Å². The maximum absolute atomic E-state index is 12.8. The number of carbonyl (C=O) groups excluding carboxylic acids is 2. The minimum Gasteiger partial charge on any atom is -0.480 e. The quantitative estimate of drug-likeness (QED) is 0.542. The lowest BCUT2D eigenvalue weighted by atomic mass is 9.87. The molecule has 24 heavy (non-hydrogen) atoms. The first kappa shape index (κ1) is 18.7. The van der Waals surface area contributed by atoms with Crippen LogP contribution in [0.5, 0.6) is 0 Å². The molecule has 0 spiro atoms. The van der Waals surface area contributed by atoms with Crippen molar-refractivity contribution in [2.75, 3.05) is 0 Å². The van der Waals surface area contributed by atoms with Crippen LogP contribution in [-0.2, 0) is 29.0 Å². The second-order valence-corrected chi connectivity index (χ2v) is 9.36. The molecule has 9 heteroatoms. The number of hydrogen-bond donors (Lipinski definition) is 1. The maximum Gasteiger partial charge on any atom is 0.328 e.